The van der Waals surface area contributed by atoms with E-state index in [0.717, 1.165) is 0 Å². The third-order valence-corrected chi connectivity index (χ3v) is 3.20. The number of carbonyl (C=O) groups is 2. The largest absolute Gasteiger partial charge is 0.481 e. The van der Waals surface area contributed by atoms with Crippen molar-refractivity contribution < 1.29 is 19.1 Å². The van der Waals surface area contributed by atoms with Crippen LogP contribution in [0.25, 0.3) is 11.1 Å². The molecule has 0 spiro atoms. The van der Waals surface area contributed by atoms with Crippen LogP contribution in [0.3, 0.4) is 0 Å². The smallest absolute Gasteiger partial charge is 0.309 e. The molecule has 1 heterocycles. The van der Waals surface area contributed by atoms with Gasteiger partial charge in [-0.05, 0) is 32.0 Å². The normalized spacial score (nSPS) is 11.6. The second kappa shape index (κ2) is 5.55. The van der Waals surface area contributed by atoms with Gasteiger partial charge in [-0.25, -0.2) is 4.98 Å². The summed E-state index contributed by atoms with van der Waals surface area (Å²) >= 11 is 0. The van der Waals surface area contributed by atoms with E-state index in [1.165, 1.54) is 13.8 Å². The highest BCUT2D eigenvalue weighted by Gasteiger charge is 2.30. The quantitative estimate of drug-likeness (QED) is 0.883. The zero-order chi connectivity index (χ0) is 15.6. The number of benzene rings is 1. The fraction of sp³-hybridized carbons (Fsp3) is 0.400. The molecule has 0 saturated carbocycles. The van der Waals surface area contributed by atoms with Gasteiger partial charge >= 0.3 is 5.97 Å². The number of aromatic nitrogens is 1. The number of nitrogens with zero attached hydrogens (tertiary/aromatic N) is 1. The molecule has 0 fully saturated rings. The molecule has 0 atom stereocenters. The Bertz CT molecular complexity index is 688. The highest BCUT2D eigenvalue weighted by Crippen LogP contribution is 2.23. The number of hydrogen-bond donors (Lipinski definition) is 2. The van der Waals surface area contributed by atoms with Crippen molar-refractivity contribution in [2.45, 2.75) is 33.6 Å². The SMILES string of the molecule is CCc1nc2cc(NC(=O)CC(C)(C)C(=O)O)ccc2o1. The fourth-order valence-electron chi connectivity index (χ4n) is 1.89. The van der Waals surface area contributed by atoms with Gasteiger partial charge in [0.25, 0.3) is 0 Å². The van der Waals surface area contributed by atoms with Crippen molar-refractivity contribution in [3.05, 3.63) is 24.1 Å². The van der Waals surface area contributed by atoms with Gasteiger partial charge in [0.15, 0.2) is 11.5 Å². The lowest BCUT2D eigenvalue weighted by Crippen LogP contribution is -2.29. The van der Waals surface area contributed by atoms with E-state index in [1.807, 2.05) is 6.92 Å². The van der Waals surface area contributed by atoms with Gasteiger partial charge in [-0.3, -0.25) is 9.59 Å². The third kappa shape index (κ3) is 3.39. The Balaban J connectivity index is 2.12. The summed E-state index contributed by atoms with van der Waals surface area (Å²) in [6.45, 7) is 4.98. The summed E-state index contributed by atoms with van der Waals surface area (Å²) < 4.78 is 5.49. The molecule has 0 saturated heterocycles. The van der Waals surface area contributed by atoms with Gasteiger partial charge in [0, 0.05) is 18.5 Å². The maximum Gasteiger partial charge on any atom is 0.309 e. The predicted octanol–water partition coefficient (Wildman–Crippen LogP) is 2.83. The van der Waals surface area contributed by atoms with E-state index in [4.69, 9.17) is 9.52 Å². The van der Waals surface area contributed by atoms with Crippen molar-refractivity contribution in [2.75, 3.05) is 5.32 Å². The van der Waals surface area contributed by atoms with Gasteiger partial charge in [0.05, 0.1) is 5.41 Å². The zero-order valence-electron chi connectivity index (χ0n) is 12.3. The summed E-state index contributed by atoms with van der Waals surface area (Å²) in [6.07, 6.45) is 0.600. The van der Waals surface area contributed by atoms with Crippen LogP contribution in [0.15, 0.2) is 22.6 Å². The number of hydrogen-bond acceptors (Lipinski definition) is 4. The number of aliphatic carboxylic acids is 1. The summed E-state index contributed by atoms with van der Waals surface area (Å²) in [7, 11) is 0. The van der Waals surface area contributed by atoms with Crippen LogP contribution >= 0.6 is 0 Å². The summed E-state index contributed by atoms with van der Waals surface area (Å²) in [5, 5.41) is 11.7. The van der Waals surface area contributed by atoms with Crippen molar-refractivity contribution in [3.8, 4) is 0 Å². The van der Waals surface area contributed by atoms with Crippen LogP contribution in [-0.4, -0.2) is 22.0 Å². The molecule has 0 unspecified atom stereocenters. The van der Waals surface area contributed by atoms with E-state index >= 15 is 0 Å². The van der Waals surface area contributed by atoms with Crippen LogP contribution in [0.5, 0.6) is 0 Å². The van der Waals surface area contributed by atoms with Crippen LogP contribution < -0.4 is 5.32 Å². The van der Waals surface area contributed by atoms with Crippen LogP contribution in [0.4, 0.5) is 5.69 Å². The molecular formula is C15H18N2O4. The lowest BCUT2D eigenvalue weighted by molar-refractivity contribution is -0.148. The number of carboxylic acids is 1. The molecule has 1 amide bonds. The van der Waals surface area contributed by atoms with E-state index in [-0.39, 0.29) is 12.3 Å². The zero-order valence-corrected chi connectivity index (χ0v) is 12.3. The van der Waals surface area contributed by atoms with Crippen LogP contribution in [0.1, 0.15) is 33.1 Å². The lowest BCUT2D eigenvalue weighted by atomic mass is 9.89. The molecule has 2 aromatic rings. The van der Waals surface area contributed by atoms with E-state index in [2.05, 4.69) is 10.3 Å². The van der Waals surface area contributed by atoms with E-state index in [0.29, 0.717) is 29.1 Å². The Morgan fingerprint density at radius 3 is 2.71 bits per heavy atom. The molecule has 1 aromatic carbocycles. The summed E-state index contributed by atoms with van der Waals surface area (Å²) in [6, 6.07) is 5.15. The number of nitrogens with one attached hydrogen (secondary N) is 1. The lowest BCUT2D eigenvalue weighted by Gasteiger charge is -2.18. The standard InChI is InChI=1S/C15H18N2O4/c1-4-13-17-10-7-9(5-6-11(10)21-13)16-12(18)8-15(2,3)14(19)20/h5-7H,4,8H2,1-3H3,(H,16,18)(H,19,20). The number of anilines is 1. The second-order valence-corrected chi connectivity index (χ2v) is 5.56. The molecule has 6 heteroatoms. The first-order chi connectivity index (χ1) is 9.81. The van der Waals surface area contributed by atoms with Crippen LogP contribution in [0.2, 0.25) is 0 Å². The maximum absolute atomic E-state index is 11.9. The Hall–Kier alpha value is -2.37. The number of carbonyl (C=O) groups excluding carboxylic acids is 1. The van der Waals surface area contributed by atoms with Crippen LogP contribution in [-0.2, 0) is 16.0 Å². The predicted molar refractivity (Wildman–Crippen MR) is 78.1 cm³/mol. The first kappa shape index (κ1) is 15.0. The third-order valence-electron chi connectivity index (χ3n) is 3.20. The van der Waals surface area contributed by atoms with Crippen molar-refractivity contribution in [2.24, 2.45) is 5.41 Å². The number of rotatable bonds is 5. The number of amides is 1. The van der Waals surface area contributed by atoms with E-state index < -0.39 is 11.4 Å². The monoisotopic (exact) mass is 290 g/mol. The van der Waals surface area contributed by atoms with Gasteiger partial charge in [-0.2, -0.15) is 0 Å². The Kier molecular flexibility index (Phi) is 3.97. The van der Waals surface area contributed by atoms with Crippen molar-refractivity contribution in [3.63, 3.8) is 0 Å². The Morgan fingerprint density at radius 1 is 1.38 bits per heavy atom. The average molecular weight is 290 g/mol. The molecule has 0 aliphatic heterocycles. The van der Waals surface area contributed by atoms with E-state index in [1.54, 1.807) is 18.2 Å². The Labute approximate surface area is 122 Å². The van der Waals surface area contributed by atoms with Crippen molar-refractivity contribution in [1.82, 2.24) is 4.98 Å². The minimum absolute atomic E-state index is 0.0978. The number of fused-ring (bicyclic) bond motifs is 1. The number of aryl methyl sites for hydroxylation is 1. The fourth-order valence-corrected chi connectivity index (χ4v) is 1.89. The van der Waals surface area contributed by atoms with Gasteiger partial charge < -0.3 is 14.8 Å². The second-order valence-electron chi connectivity index (χ2n) is 5.56. The molecule has 2 N–H and O–H groups in total. The molecule has 2 rings (SSSR count). The molecule has 21 heavy (non-hydrogen) atoms. The van der Waals surface area contributed by atoms with Crippen molar-refractivity contribution in [1.29, 1.82) is 0 Å². The molecule has 0 aliphatic rings. The molecule has 0 radical (unpaired) electrons. The average Bonchev–Trinajstić information content (AvgIpc) is 2.79. The Morgan fingerprint density at radius 2 is 2.10 bits per heavy atom. The molecule has 1 aromatic heterocycles. The summed E-state index contributed by atoms with van der Waals surface area (Å²) in [4.78, 5) is 27.2. The van der Waals surface area contributed by atoms with Crippen molar-refractivity contribution >= 4 is 28.7 Å². The first-order valence-corrected chi connectivity index (χ1v) is 6.74. The highest BCUT2D eigenvalue weighted by atomic mass is 16.4. The van der Waals surface area contributed by atoms with Gasteiger partial charge in [-0.15, -0.1) is 0 Å². The minimum Gasteiger partial charge on any atom is -0.481 e. The summed E-state index contributed by atoms with van der Waals surface area (Å²) in [5.74, 6) is -0.710. The van der Waals surface area contributed by atoms with Crippen LogP contribution in [0, 0.1) is 5.41 Å². The first-order valence-electron chi connectivity index (χ1n) is 6.74. The summed E-state index contributed by atoms with van der Waals surface area (Å²) in [5.41, 5.74) is 0.805. The topological polar surface area (TPSA) is 92.4 Å². The molecular weight excluding hydrogens is 272 g/mol. The number of carboxylic acid groups (broad SMARTS) is 1. The molecule has 0 bridgehead atoms. The highest BCUT2D eigenvalue weighted by molar-refractivity contribution is 5.95. The van der Waals surface area contributed by atoms with Gasteiger partial charge in [-0.1, -0.05) is 6.92 Å². The van der Waals surface area contributed by atoms with Gasteiger partial charge in [0.1, 0.15) is 5.52 Å². The number of oxazole rings is 1. The van der Waals surface area contributed by atoms with Gasteiger partial charge in [0.2, 0.25) is 5.91 Å². The maximum atomic E-state index is 11.9. The molecule has 6 nitrogen and oxygen atoms in total. The van der Waals surface area contributed by atoms with E-state index in [9.17, 15) is 9.59 Å². The minimum atomic E-state index is -1.10. The molecule has 0 aliphatic carbocycles. The molecule has 112 valence electrons.